The van der Waals surface area contributed by atoms with Crippen molar-refractivity contribution >= 4 is 11.6 Å². The molecule has 5 rings (SSSR count). The fourth-order valence-electron chi connectivity index (χ4n) is 4.51. The highest BCUT2D eigenvalue weighted by atomic mass is 16.1. The van der Waals surface area contributed by atoms with E-state index < -0.39 is 0 Å². The van der Waals surface area contributed by atoms with Gasteiger partial charge in [0, 0.05) is 54.4 Å². The molecule has 1 unspecified atom stereocenters. The molecule has 1 aliphatic heterocycles. The lowest BCUT2D eigenvalue weighted by Gasteiger charge is -2.34. The number of hydrogen-bond acceptors (Lipinski definition) is 5. The number of benzene rings is 1. The first kappa shape index (κ1) is 21.0. The van der Waals surface area contributed by atoms with Gasteiger partial charge in [-0.05, 0) is 61.2 Å². The zero-order valence-corrected chi connectivity index (χ0v) is 18.7. The minimum absolute atomic E-state index is 0.102. The van der Waals surface area contributed by atoms with Gasteiger partial charge in [-0.15, -0.1) is 0 Å². The third-order valence-corrected chi connectivity index (χ3v) is 6.33. The van der Waals surface area contributed by atoms with Crippen molar-refractivity contribution in [2.45, 2.75) is 25.7 Å². The van der Waals surface area contributed by atoms with Crippen LogP contribution in [0, 0.1) is 6.92 Å². The summed E-state index contributed by atoms with van der Waals surface area (Å²) in [5, 5.41) is 0. The maximum Gasteiger partial charge on any atom is 0.213 e. The highest BCUT2D eigenvalue weighted by molar-refractivity contribution is 6.09. The molecule has 1 aromatic carbocycles. The molecule has 5 heteroatoms. The van der Waals surface area contributed by atoms with E-state index in [0.717, 1.165) is 36.5 Å². The Bertz CT molecular complexity index is 1260. The van der Waals surface area contributed by atoms with Crippen molar-refractivity contribution in [1.82, 2.24) is 15.0 Å². The summed E-state index contributed by atoms with van der Waals surface area (Å²) in [5.41, 5.74) is 4.97. The molecule has 1 atom stereocenters. The number of carbonyl (C=O) groups is 1. The van der Waals surface area contributed by atoms with Crippen molar-refractivity contribution < 1.29 is 4.79 Å². The molecule has 0 bridgehead atoms. The van der Waals surface area contributed by atoms with Crippen LogP contribution in [-0.2, 0) is 0 Å². The summed E-state index contributed by atoms with van der Waals surface area (Å²) in [6.07, 6.45) is 7.55. The van der Waals surface area contributed by atoms with Crippen LogP contribution in [0.2, 0.25) is 0 Å². The summed E-state index contributed by atoms with van der Waals surface area (Å²) in [5.74, 6) is 1.23. The molecule has 1 aliphatic rings. The standard InChI is InChI=1S/C28H26N4O/c1-20-25(17-24(18-30-20)22-12-14-29-15-13-22)28(33)26-10-5-11-27(31-26)32-16-6-9-23(19-32)21-7-3-2-4-8-21/h2-5,7-8,10-15,17-18,23H,6,9,16,19H2,1H3. The quantitative estimate of drug-likeness (QED) is 0.390. The monoisotopic (exact) mass is 434 g/mol. The molecule has 0 N–H and O–H groups in total. The second-order valence-electron chi connectivity index (χ2n) is 8.50. The van der Waals surface area contributed by atoms with Gasteiger partial charge >= 0.3 is 0 Å². The van der Waals surface area contributed by atoms with E-state index in [2.05, 4.69) is 45.2 Å². The summed E-state index contributed by atoms with van der Waals surface area (Å²) < 4.78 is 0. The number of hydrogen-bond donors (Lipinski definition) is 0. The Hall–Kier alpha value is -3.86. The SMILES string of the molecule is Cc1ncc(-c2ccncc2)cc1C(=O)c1cccc(N2CCCC(c3ccccc3)C2)n1. The number of ketones is 1. The largest absolute Gasteiger partial charge is 0.356 e. The van der Waals surface area contributed by atoms with Gasteiger partial charge in [-0.1, -0.05) is 36.4 Å². The maximum absolute atomic E-state index is 13.4. The predicted octanol–water partition coefficient (Wildman–Crippen LogP) is 5.46. The third-order valence-electron chi connectivity index (χ3n) is 6.33. The van der Waals surface area contributed by atoms with Crippen molar-refractivity contribution in [3.05, 3.63) is 108 Å². The highest BCUT2D eigenvalue weighted by Crippen LogP contribution is 2.29. The summed E-state index contributed by atoms with van der Waals surface area (Å²) in [7, 11) is 0. The molecule has 0 spiro atoms. The third kappa shape index (κ3) is 4.53. The minimum atomic E-state index is -0.102. The van der Waals surface area contributed by atoms with E-state index >= 15 is 0 Å². The number of pyridine rings is 3. The lowest BCUT2D eigenvalue weighted by atomic mass is 9.90. The summed E-state index contributed by atoms with van der Waals surface area (Å²) in [6.45, 7) is 3.72. The topological polar surface area (TPSA) is 59.0 Å². The van der Waals surface area contributed by atoms with Gasteiger partial charge in [-0.2, -0.15) is 0 Å². The maximum atomic E-state index is 13.4. The average Bonchev–Trinajstić information content (AvgIpc) is 2.90. The Kier molecular flexibility index (Phi) is 5.94. The number of anilines is 1. The molecular formula is C28H26N4O. The Balaban J connectivity index is 1.41. The zero-order chi connectivity index (χ0) is 22.6. The molecule has 0 radical (unpaired) electrons. The van der Waals surface area contributed by atoms with Crippen molar-refractivity contribution in [2.75, 3.05) is 18.0 Å². The van der Waals surface area contributed by atoms with Crippen molar-refractivity contribution in [1.29, 1.82) is 0 Å². The number of carbonyl (C=O) groups excluding carboxylic acids is 1. The zero-order valence-electron chi connectivity index (χ0n) is 18.7. The molecule has 1 saturated heterocycles. The summed E-state index contributed by atoms with van der Waals surface area (Å²) in [6, 6.07) is 22.1. The molecule has 4 aromatic rings. The van der Waals surface area contributed by atoms with Gasteiger partial charge in [0.2, 0.25) is 5.78 Å². The fraction of sp³-hybridized carbons (Fsp3) is 0.214. The van der Waals surface area contributed by atoms with Gasteiger partial charge in [-0.3, -0.25) is 14.8 Å². The normalized spacial score (nSPS) is 15.9. The van der Waals surface area contributed by atoms with Crippen molar-refractivity contribution in [3.8, 4) is 11.1 Å². The van der Waals surface area contributed by atoms with Crippen LogP contribution in [0.25, 0.3) is 11.1 Å². The van der Waals surface area contributed by atoms with E-state index in [0.29, 0.717) is 22.9 Å². The molecule has 5 nitrogen and oxygen atoms in total. The lowest BCUT2D eigenvalue weighted by molar-refractivity contribution is 0.103. The molecule has 33 heavy (non-hydrogen) atoms. The smallest absolute Gasteiger partial charge is 0.213 e. The number of piperidine rings is 1. The number of aryl methyl sites for hydroxylation is 1. The summed E-state index contributed by atoms with van der Waals surface area (Å²) >= 11 is 0. The number of nitrogens with zero attached hydrogens (tertiary/aromatic N) is 4. The van der Waals surface area contributed by atoms with Crippen molar-refractivity contribution in [3.63, 3.8) is 0 Å². The van der Waals surface area contributed by atoms with Gasteiger partial charge in [0.15, 0.2) is 0 Å². The molecule has 3 aromatic heterocycles. The van der Waals surface area contributed by atoms with Crippen LogP contribution in [0.1, 0.15) is 46.1 Å². The fourth-order valence-corrected chi connectivity index (χ4v) is 4.51. The Morgan fingerprint density at radius 1 is 0.970 bits per heavy atom. The van der Waals surface area contributed by atoms with Crippen LogP contribution in [-0.4, -0.2) is 33.8 Å². The molecule has 1 fully saturated rings. The predicted molar refractivity (Wildman–Crippen MR) is 131 cm³/mol. The minimum Gasteiger partial charge on any atom is -0.356 e. The molecule has 0 saturated carbocycles. The van der Waals surface area contributed by atoms with Crippen molar-refractivity contribution in [2.24, 2.45) is 0 Å². The Morgan fingerprint density at radius 2 is 1.79 bits per heavy atom. The average molecular weight is 435 g/mol. The van der Waals surface area contributed by atoms with Crippen LogP contribution >= 0.6 is 0 Å². The van der Waals surface area contributed by atoms with Gasteiger partial charge in [0.25, 0.3) is 0 Å². The van der Waals surface area contributed by atoms with Gasteiger partial charge in [0.05, 0.1) is 0 Å². The molecular weight excluding hydrogens is 408 g/mol. The van der Waals surface area contributed by atoms with E-state index in [4.69, 9.17) is 4.98 Å². The Labute approximate surface area is 194 Å². The highest BCUT2D eigenvalue weighted by Gasteiger charge is 2.23. The number of aromatic nitrogens is 3. The first-order valence-corrected chi connectivity index (χ1v) is 11.4. The Morgan fingerprint density at radius 3 is 2.61 bits per heavy atom. The van der Waals surface area contributed by atoms with Crippen LogP contribution < -0.4 is 4.90 Å². The van der Waals surface area contributed by atoms with E-state index in [-0.39, 0.29) is 5.78 Å². The molecule has 4 heterocycles. The first-order chi connectivity index (χ1) is 16.2. The van der Waals surface area contributed by atoms with E-state index in [9.17, 15) is 4.79 Å². The van der Waals surface area contributed by atoms with Gasteiger partial charge in [0.1, 0.15) is 11.5 Å². The van der Waals surface area contributed by atoms with Crippen LogP contribution in [0.3, 0.4) is 0 Å². The lowest BCUT2D eigenvalue weighted by Crippen LogP contribution is -2.35. The molecule has 0 aliphatic carbocycles. The first-order valence-electron chi connectivity index (χ1n) is 11.4. The van der Waals surface area contributed by atoms with Gasteiger partial charge in [-0.25, -0.2) is 4.98 Å². The molecule has 164 valence electrons. The van der Waals surface area contributed by atoms with Crippen LogP contribution in [0.4, 0.5) is 5.82 Å². The summed E-state index contributed by atoms with van der Waals surface area (Å²) in [4.78, 5) is 29.1. The second kappa shape index (κ2) is 9.33. The van der Waals surface area contributed by atoms with E-state index in [1.54, 1.807) is 24.7 Å². The van der Waals surface area contributed by atoms with Crippen LogP contribution in [0.15, 0.2) is 85.3 Å². The van der Waals surface area contributed by atoms with Crippen LogP contribution in [0.5, 0.6) is 0 Å². The van der Waals surface area contributed by atoms with Gasteiger partial charge < -0.3 is 4.90 Å². The van der Waals surface area contributed by atoms with E-state index in [1.165, 1.54) is 12.0 Å². The number of rotatable bonds is 5. The van der Waals surface area contributed by atoms with E-state index in [1.807, 2.05) is 37.3 Å². The molecule has 0 amide bonds. The second-order valence-corrected chi connectivity index (χ2v) is 8.50.